The average molecular weight is 411 g/mol. The number of hydrogen-bond donors (Lipinski definition) is 1. The standard InChI is InChI=1S/C20H22N6O2S/c1-12-18(29-13(2)23-12)16-5-8-22-20(25-16)26-9-6-14(11-26)24-19(27)17-10-15(28-3)4-7-21-17/h4-5,7-8,10,14H,6,9,11H2,1-3H3,(H,24,27). The molecule has 1 aliphatic heterocycles. The fourth-order valence-corrected chi connectivity index (χ4v) is 4.27. The topological polar surface area (TPSA) is 93.1 Å². The largest absolute Gasteiger partial charge is 0.497 e. The van der Waals surface area contributed by atoms with Crippen molar-refractivity contribution in [1.82, 2.24) is 25.3 Å². The van der Waals surface area contributed by atoms with Crippen LogP contribution in [0.25, 0.3) is 10.6 Å². The molecular formula is C20H22N6O2S. The molecule has 3 aromatic rings. The van der Waals surface area contributed by atoms with E-state index < -0.39 is 0 Å². The van der Waals surface area contributed by atoms with E-state index in [4.69, 9.17) is 9.72 Å². The number of aromatic nitrogens is 4. The van der Waals surface area contributed by atoms with E-state index in [0.717, 1.165) is 34.2 Å². The van der Waals surface area contributed by atoms with Gasteiger partial charge in [-0.1, -0.05) is 0 Å². The number of nitrogens with zero attached hydrogens (tertiary/aromatic N) is 5. The third kappa shape index (κ3) is 4.19. The quantitative estimate of drug-likeness (QED) is 0.691. The van der Waals surface area contributed by atoms with Gasteiger partial charge in [-0.25, -0.2) is 15.0 Å². The zero-order chi connectivity index (χ0) is 20.4. The van der Waals surface area contributed by atoms with Gasteiger partial charge in [-0.05, 0) is 32.4 Å². The number of ether oxygens (including phenoxy) is 1. The van der Waals surface area contributed by atoms with Crippen LogP contribution in [0, 0.1) is 13.8 Å². The SMILES string of the molecule is COc1ccnc(C(=O)NC2CCN(c3nccc(-c4sc(C)nc4C)n3)C2)c1. The summed E-state index contributed by atoms with van der Waals surface area (Å²) in [5.41, 5.74) is 2.21. The van der Waals surface area contributed by atoms with Crippen LogP contribution in [0.15, 0.2) is 30.6 Å². The van der Waals surface area contributed by atoms with Crippen molar-refractivity contribution in [2.24, 2.45) is 0 Å². The van der Waals surface area contributed by atoms with Gasteiger partial charge in [-0.2, -0.15) is 0 Å². The molecule has 0 bridgehead atoms. The van der Waals surface area contributed by atoms with Crippen molar-refractivity contribution in [2.45, 2.75) is 26.3 Å². The number of hydrogen-bond acceptors (Lipinski definition) is 8. The van der Waals surface area contributed by atoms with Gasteiger partial charge in [0, 0.05) is 37.6 Å². The molecule has 9 heteroatoms. The van der Waals surface area contributed by atoms with Gasteiger partial charge in [-0.15, -0.1) is 11.3 Å². The monoisotopic (exact) mass is 410 g/mol. The molecular weight excluding hydrogens is 388 g/mol. The summed E-state index contributed by atoms with van der Waals surface area (Å²) in [6, 6.07) is 5.27. The minimum absolute atomic E-state index is 0.00939. The average Bonchev–Trinajstić information content (AvgIpc) is 3.34. The van der Waals surface area contributed by atoms with E-state index in [1.165, 1.54) is 0 Å². The highest BCUT2D eigenvalue weighted by atomic mass is 32.1. The van der Waals surface area contributed by atoms with Crippen molar-refractivity contribution >= 4 is 23.2 Å². The van der Waals surface area contributed by atoms with E-state index in [1.54, 1.807) is 43.0 Å². The molecule has 1 atom stereocenters. The molecule has 150 valence electrons. The highest BCUT2D eigenvalue weighted by Gasteiger charge is 2.26. The number of aryl methyl sites for hydroxylation is 2. The lowest BCUT2D eigenvalue weighted by Gasteiger charge is -2.17. The minimum atomic E-state index is -0.207. The van der Waals surface area contributed by atoms with E-state index in [1.807, 2.05) is 19.9 Å². The van der Waals surface area contributed by atoms with Crippen LogP contribution in [0.4, 0.5) is 5.95 Å². The van der Waals surface area contributed by atoms with Crippen LogP contribution < -0.4 is 15.0 Å². The molecule has 3 aromatic heterocycles. The molecule has 0 aliphatic carbocycles. The fraction of sp³-hybridized carbons (Fsp3) is 0.350. The number of thiazole rings is 1. The second kappa shape index (κ2) is 8.12. The lowest BCUT2D eigenvalue weighted by atomic mass is 10.2. The first-order valence-corrected chi connectivity index (χ1v) is 10.2. The maximum atomic E-state index is 12.5. The number of nitrogens with one attached hydrogen (secondary N) is 1. The number of carbonyl (C=O) groups excluding carboxylic acids is 1. The van der Waals surface area contributed by atoms with Gasteiger partial charge in [0.05, 0.1) is 28.4 Å². The smallest absolute Gasteiger partial charge is 0.270 e. The maximum absolute atomic E-state index is 12.5. The Morgan fingerprint density at radius 3 is 2.83 bits per heavy atom. The van der Waals surface area contributed by atoms with Gasteiger partial charge in [0.1, 0.15) is 11.4 Å². The van der Waals surface area contributed by atoms with Crippen molar-refractivity contribution in [3.63, 3.8) is 0 Å². The first-order valence-electron chi connectivity index (χ1n) is 9.37. The number of pyridine rings is 1. The Labute approximate surface area is 173 Å². The van der Waals surface area contributed by atoms with Gasteiger partial charge in [-0.3, -0.25) is 9.78 Å². The second-order valence-corrected chi connectivity index (χ2v) is 8.08. The molecule has 1 aliphatic rings. The number of carbonyl (C=O) groups is 1. The highest BCUT2D eigenvalue weighted by Crippen LogP contribution is 2.29. The van der Waals surface area contributed by atoms with E-state index >= 15 is 0 Å². The molecule has 0 spiro atoms. The molecule has 1 N–H and O–H groups in total. The Bertz CT molecular complexity index is 1040. The van der Waals surface area contributed by atoms with Crippen LogP contribution in [-0.4, -0.2) is 52.1 Å². The predicted molar refractivity (Wildman–Crippen MR) is 111 cm³/mol. The van der Waals surface area contributed by atoms with Gasteiger partial charge < -0.3 is 15.0 Å². The molecule has 1 unspecified atom stereocenters. The molecule has 4 heterocycles. The van der Waals surface area contributed by atoms with Crippen molar-refractivity contribution in [1.29, 1.82) is 0 Å². The summed E-state index contributed by atoms with van der Waals surface area (Å²) in [4.78, 5) is 33.5. The summed E-state index contributed by atoms with van der Waals surface area (Å²) in [5.74, 6) is 1.07. The summed E-state index contributed by atoms with van der Waals surface area (Å²) >= 11 is 1.63. The summed E-state index contributed by atoms with van der Waals surface area (Å²) in [5, 5.41) is 4.06. The summed E-state index contributed by atoms with van der Waals surface area (Å²) in [6.45, 7) is 5.42. The van der Waals surface area contributed by atoms with Crippen LogP contribution in [0.1, 0.15) is 27.6 Å². The molecule has 4 rings (SSSR count). The zero-order valence-corrected chi connectivity index (χ0v) is 17.4. The van der Waals surface area contributed by atoms with Crippen LogP contribution in [0.2, 0.25) is 0 Å². The fourth-order valence-electron chi connectivity index (χ4n) is 3.38. The Morgan fingerprint density at radius 2 is 2.07 bits per heavy atom. The van der Waals surface area contributed by atoms with Gasteiger partial charge in [0.25, 0.3) is 5.91 Å². The molecule has 1 amide bonds. The van der Waals surface area contributed by atoms with Crippen molar-refractivity contribution in [3.05, 3.63) is 47.0 Å². The maximum Gasteiger partial charge on any atom is 0.270 e. The molecule has 1 saturated heterocycles. The molecule has 0 saturated carbocycles. The van der Waals surface area contributed by atoms with Crippen LogP contribution in [-0.2, 0) is 0 Å². The van der Waals surface area contributed by atoms with Gasteiger partial charge in [0.15, 0.2) is 0 Å². The van der Waals surface area contributed by atoms with Crippen LogP contribution in [0.3, 0.4) is 0 Å². The van der Waals surface area contributed by atoms with E-state index in [9.17, 15) is 4.79 Å². The molecule has 29 heavy (non-hydrogen) atoms. The first-order chi connectivity index (χ1) is 14.0. The lowest BCUT2D eigenvalue weighted by molar-refractivity contribution is 0.0935. The Kier molecular flexibility index (Phi) is 5.39. The summed E-state index contributed by atoms with van der Waals surface area (Å²) in [7, 11) is 1.56. The molecule has 8 nitrogen and oxygen atoms in total. The predicted octanol–water partition coefficient (Wildman–Crippen LogP) is 2.63. The van der Waals surface area contributed by atoms with Crippen LogP contribution >= 0.6 is 11.3 Å². The van der Waals surface area contributed by atoms with Gasteiger partial charge in [0.2, 0.25) is 5.95 Å². The molecule has 0 aromatic carbocycles. The lowest BCUT2D eigenvalue weighted by Crippen LogP contribution is -2.37. The summed E-state index contributed by atoms with van der Waals surface area (Å²) in [6.07, 6.45) is 4.16. The third-order valence-electron chi connectivity index (χ3n) is 4.79. The van der Waals surface area contributed by atoms with Gasteiger partial charge >= 0.3 is 0 Å². The Morgan fingerprint density at radius 1 is 1.24 bits per heavy atom. The number of rotatable bonds is 5. The third-order valence-corrected chi connectivity index (χ3v) is 5.88. The number of methoxy groups -OCH3 is 1. The van der Waals surface area contributed by atoms with Crippen LogP contribution in [0.5, 0.6) is 5.75 Å². The second-order valence-electron chi connectivity index (χ2n) is 6.88. The first kappa shape index (κ1) is 19.3. The molecule has 0 radical (unpaired) electrons. The van der Waals surface area contributed by atoms with Crippen molar-refractivity contribution in [2.75, 3.05) is 25.1 Å². The van der Waals surface area contributed by atoms with Crippen molar-refractivity contribution in [3.8, 4) is 16.3 Å². The molecule has 1 fully saturated rings. The highest BCUT2D eigenvalue weighted by molar-refractivity contribution is 7.15. The Hall–Kier alpha value is -3.07. The van der Waals surface area contributed by atoms with E-state index in [-0.39, 0.29) is 11.9 Å². The Balaban J connectivity index is 1.44. The van der Waals surface area contributed by atoms with E-state index in [0.29, 0.717) is 23.9 Å². The van der Waals surface area contributed by atoms with E-state index in [2.05, 4.69) is 25.2 Å². The minimum Gasteiger partial charge on any atom is -0.497 e. The number of anilines is 1. The number of amides is 1. The normalized spacial score (nSPS) is 16.1. The zero-order valence-electron chi connectivity index (χ0n) is 16.5. The van der Waals surface area contributed by atoms with Crippen molar-refractivity contribution < 1.29 is 9.53 Å². The summed E-state index contributed by atoms with van der Waals surface area (Å²) < 4.78 is 5.16.